The molecule has 0 spiro atoms. The average Bonchev–Trinajstić information content (AvgIpc) is 2.72. The Kier molecular flexibility index (Phi) is 6.28. The Hall–Kier alpha value is -3.11. The average molecular weight is 490 g/mol. The van der Waals surface area contributed by atoms with Gasteiger partial charge in [-0.15, -0.1) is 0 Å². The second-order valence-electron chi connectivity index (χ2n) is 6.43. The molecule has 1 aromatic heterocycles. The minimum absolute atomic E-state index is 0.0954. The van der Waals surface area contributed by atoms with E-state index in [9.17, 15) is 23.3 Å². The lowest BCUT2D eigenvalue weighted by atomic mass is 10.1. The first-order chi connectivity index (χ1) is 14.1. The van der Waals surface area contributed by atoms with Crippen molar-refractivity contribution in [1.82, 2.24) is 4.98 Å². The second kappa shape index (κ2) is 8.72. The second-order valence-corrected chi connectivity index (χ2v) is 9.37. The van der Waals surface area contributed by atoms with E-state index in [0.717, 1.165) is 28.9 Å². The molecule has 154 valence electrons. The summed E-state index contributed by atoms with van der Waals surface area (Å²) in [5, 5.41) is 11.3. The molecule has 2 aromatic carbocycles. The Morgan fingerprint density at radius 1 is 1.13 bits per heavy atom. The highest BCUT2D eigenvalue weighted by molar-refractivity contribution is 9.10. The van der Waals surface area contributed by atoms with Crippen LogP contribution in [-0.2, 0) is 16.4 Å². The van der Waals surface area contributed by atoms with E-state index in [0.29, 0.717) is 11.4 Å². The number of benzene rings is 2. The van der Waals surface area contributed by atoms with Gasteiger partial charge in [-0.3, -0.25) is 19.9 Å². The Morgan fingerprint density at radius 2 is 1.83 bits per heavy atom. The SMILES string of the molecule is CS(=O)(=O)c1cc(C(=O)N(Cc2ccccn2)c2ccc(Br)cc2)cc([N+](=O)[O-])c1. The van der Waals surface area contributed by atoms with Crippen molar-refractivity contribution >= 4 is 43.0 Å². The smallest absolute Gasteiger partial charge is 0.271 e. The number of hydrogen-bond donors (Lipinski definition) is 0. The fourth-order valence-electron chi connectivity index (χ4n) is 2.74. The number of anilines is 1. The first-order valence-electron chi connectivity index (χ1n) is 8.62. The molecule has 8 nitrogen and oxygen atoms in total. The first kappa shape index (κ1) is 21.6. The Morgan fingerprint density at radius 3 is 2.40 bits per heavy atom. The van der Waals surface area contributed by atoms with E-state index in [1.807, 2.05) is 0 Å². The van der Waals surface area contributed by atoms with Crippen LogP contribution < -0.4 is 4.90 Å². The maximum atomic E-state index is 13.4. The minimum atomic E-state index is -3.76. The van der Waals surface area contributed by atoms with Crippen molar-refractivity contribution in [3.8, 4) is 0 Å². The van der Waals surface area contributed by atoms with Crippen LogP contribution in [0.2, 0.25) is 0 Å². The maximum Gasteiger partial charge on any atom is 0.271 e. The summed E-state index contributed by atoms with van der Waals surface area (Å²) in [5.41, 5.74) is 0.544. The number of pyridine rings is 1. The highest BCUT2D eigenvalue weighted by atomic mass is 79.9. The molecule has 0 saturated carbocycles. The van der Waals surface area contributed by atoms with Gasteiger partial charge in [0, 0.05) is 40.3 Å². The third-order valence-electron chi connectivity index (χ3n) is 4.21. The van der Waals surface area contributed by atoms with Crippen LogP contribution in [0, 0.1) is 10.1 Å². The van der Waals surface area contributed by atoms with Crippen molar-refractivity contribution in [2.75, 3.05) is 11.2 Å². The molecule has 10 heteroatoms. The molecule has 0 aliphatic carbocycles. The first-order valence-corrected chi connectivity index (χ1v) is 11.3. The zero-order valence-corrected chi connectivity index (χ0v) is 18.1. The van der Waals surface area contributed by atoms with Crippen molar-refractivity contribution in [3.63, 3.8) is 0 Å². The number of nitrogens with zero attached hydrogens (tertiary/aromatic N) is 3. The third kappa shape index (κ3) is 5.08. The van der Waals surface area contributed by atoms with E-state index in [-0.39, 0.29) is 17.0 Å². The monoisotopic (exact) mass is 489 g/mol. The number of rotatable bonds is 6. The lowest BCUT2D eigenvalue weighted by molar-refractivity contribution is -0.385. The van der Waals surface area contributed by atoms with Crippen LogP contribution >= 0.6 is 15.9 Å². The predicted octanol–water partition coefficient (Wildman–Crippen LogP) is 4.00. The molecule has 3 aromatic rings. The van der Waals surface area contributed by atoms with Crippen LogP contribution in [-0.4, -0.2) is 30.5 Å². The van der Waals surface area contributed by atoms with Crippen molar-refractivity contribution < 1.29 is 18.1 Å². The van der Waals surface area contributed by atoms with Crippen LogP contribution in [0.1, 0.15) is 16.1 Å². The summed E-state index contributed by atoms with van der Waals surface area (Å²) in [7, 11) is -3.76. The number of carbonyl (C=O) groups is 1. The van der Waals surface area contributed by atoms with Crippen LogP contribution in [0.15, 0.2) is 76.2 Å². The van der Waals surface area contributed by atoms with Gasteiger partial charge >= 0.3 is 0 Å². The Labute approximate surface area is 181 Å². The van der Waals surface area contributed by atoms with Gasteiger partial charge in [0.05, 0.1) is 22.1 Å². The molecular weight excluding hydrogens is 474 g/mol. The van der Waals surface area contributed by atoms with Crippen molar-refractivity contribution in [3.05, 3.63) is 92.7 Å². The van der Waals surface area contributed by atoms with Crippen molar-refractivity contribution in [1.29, 1.82) is 0 Å². The van der Waals surface area contributed by atoms with Gasteiger partial charge in [-0.25, -0.2) is 8.42 Å². The molecule has 30 heavy (non-hydrogen) atoms. The number of nitro groups is 1. The minimum Gasteiger partial charge on any atom is -0.302 e. The van der Waals surface area contributed by atoms with Gasteiger partial charge in [0.1, 0.15) is 0 Å². The van der Waals surface area contributed by atoms with Gasteiger partial charge in [0.25, 0.3) is 11.6 Å². The standard InChI is InChI=1S/C20H16BrN3O5S/c1-30(28,29)19-11-14(10-18(12-19)24(26)27)20(25)23(13-16-4-2-3-9-22-16)17-7-5-15(21)6-8-17/h2-12H,13H2,1H3. The van der Waals surface area contributed by atoms with E-state index in [2.05, 4.69) is 20.9 Å². The molecule has 0 N–H and O–H groups in total. The van der Waals surface area contributed by atoms with Crippen molar-refractivity contribution in [2.24, 2.45) is 0 Å². The van der Waals surface area contributed by atoms with Crippen LogP contribution in [0.25, 0.3) is 0 Å². The molecule has 0 bridgehead atoms. The number of sulfone groups is 1. The number of hydrogen-bond acceptors (Lipinski definition) is 6. The Balaban J connectivity index is 2.11. The number of amides is 1. The summed E-state index contributed by atoms with van der Waals surface area (Å²) in [6.45, 7) is 0.0954. The van der Waals surface area contributed by atoms with E-state index in [1.165, 1.54) is 4.90 Å². The molecule has 0 saturated heterocycles. The molecule has 0 radical (unpaired) electrons. The molecule has 0 aliphatic rings. The van der Waals surface area contributed by atoms with Gasteiger partial charge in [-0.2, -0.15) is 0 Å². The molecular formula is C20H16BrN3O5S. The van der Waals surface area contributed by atoms with E-state index >= 15 is 0 Å². The summed E-state index contributed by atoms with van der Waals surface area (Å²) in [6.07, 6.45) is 2.52. The molecule has 3 rings (SSSR count). The van der Waals surface area contributed by atoms with Crippen LogP contribution in [0.4, 0.5) is 11.4 Å². The fourth-order valence-corrected chi connectivity index (χ4v) is 3.68. The number of aromatic nitrogens is 1. The Bertz CT molecular complexity index is 1200. The van der Waals surface area contributed by atoms with Crippen LogP contribution in [0.5, 0.6) is 0 Å². The van der Waals surface area contributed by atoms with Gasteiger partial charge in [0.2, 0.25) is 0 Å². The predicted molar refractivity (Wildman–Crippen MR) is 115 cm³/mol. The lowest BCUT2D eigenvalue weighted by Crippen LogP contribution is -2.31. The molecule has 0 unspecified atom stereocenters. The summed E-state index contributed by atoms with van der Waals surface area (Å²) in [4.78, 5) is 29.2. The molecule has 0 atom stereocenters. The van der Waals surface area contributed by atoms with Gasteiger partial charge in [-0.1, -0.05) is 22.0 Å². The number of nitro benzene ring substituents is 1. The van der Waals surface area contributed by atoms with Gasteiger partial charge in [-0.05, 0) is 42.5 Å². The number of halogens is 1. The summed E-state index contributed by atoms with van der Waals surface area (Å²) in [5.74, 6) is -0.587. The normalized spacial score (nSPS) is 11.1. The van der Waals surface area contributed by atoms with Gasteiger partial charge in [0.15, 0.2) is 9.84 Å². The highest BCUT2D eigenvalue weighted by Crippen LogP contribution is 2.26. The zero-order valence-electron chi connectivity index (χ0n) is 15.7. The summed E-state index contributed by atoms with van der Waals surface area (Å²) >= 11 is 3.34. The van der Waals surface area contributed by atoms with E-state index in [4.69, 9.17) is 0 Å². The summed E-state index contributed by atoms with van der Waals surface area (Å²) in [6, 6.07) is 15.3. The molecule has 0 fully saturated rings. The lowest BCUT2D eigenvalue weighted by Gasteiger charge is -2.23. The quantitative estimate of drug-likeness (QED) is 0.382. The number of carbonyl (C=O) groups excluding carboxylic acids is 1. The topological polar surface area (TPSA) is 110 Å². The van der Waals surface area contributed by atoms with Crippen LogP contribution in [0.3, 0.4) is 0 Å². The highest BCUT2D eigenvalue weighted by Gasteiger charge is 2.24. The number of non-ortho nitro benzene ring substituents is 1. The molecule has 1 heterocycles. The van der Waals surface area contributed by atoms with E-state index in [1.54, 1.807) is 48.7 Å². The van der Waals surface area contributed by atoms with Gasteiger partial charge < -0.3 is 4.90 Å². The molecule has 1 amide bonds. The van der Waals surface area contributed by atoms with E-state index < -0.39 is 26.4 Å². The third-order valence-corrected chi connectivity index (χ3v) is 5.83. The largest absolute Gasteiger partial charge is 0.302 e. The maximum absolute atomic E-state index is 13.4. The molecule has 0 aliphatic heterocycles. The zero-order chi connectivity index (χ0) is 21.9. The van der Waals surface area contributed by atoms with Crippen molar-refractivity contribution in [2.45, 2.75) is 11.4 Å². The fraction of sp³-hybridized carbons (Fsp3) is 0.100. The summed E-state index contributed by atoms with van der Waals surface area (Å²) < 4.78 is 24.8.